The molecule has 0 heterocycles. The van der Waals surface area contributed by atoms with Crippen LogP contribution in [0.15, 0.2) is 18.2 Å². The Balaban J connectivity index is 2.46. The van der Waals surface area contributed by atoms with Crippen LogP contribution in [0.25, 0.3) is 0 Å². The molecule has 3 heteroatoms. The van der Waals surface area contributed by atoms with Gasteiger partial charge in [-0.15, -0.1) is 0 Å². The van der Waals surface area contributed by atoms with Gasteiger partial charge in [-0.25, -0.2) is 4.39 Å². The minimum absolute atomic E-state index is 0.102. The lowest BCUT2D eigenvalue weighted by molar-refractivity contribution is 0.163. The van der Waals surface area contributed by atoms with Crippen LogP contribution in [-0.2, 0) is 0 Å². The second kappa shape index (κ2) is 6.48. The molecule has 0 saturated carbocycles. The Morgan fingerprint density at radius 3 is 2.69 bits per heavy atom. The lowest BCUT2D eigenvalue weighted by Crippen LogP contribution is -2.00. The molecule has 3 N–H and O–H groups in total. The number of unbranched alkanes of at least 4 members (excludes halogenated alkanes) is 3. The molecule has 0 aliphatic heterocycles. The maximum atomic E-state index is 12.9. The summed E-state index contributed by atoms with van der Waals surface area (Å²) in [4.78, 5) is 0. The average Bonchev–Trinajstić information content (AvgIpc) is 2.28. The Morgan fingerprint density at radius 2 is 2.06 bits per heavy atom. The van der Waals surface area contributed by atoms with E-state index in [0.29, 0.717) is 12.0 Å². The number of nitrogen functional groups attached to an aromatic ring is 1. The molecule has 1 rings (SSSR count). The molecule has 90 valence electrons. The number of hydrogen-bond donors (Lipinski definition) is 2. The van der Waals surface area contributed by atoms with Gasteiger partial charge in [0.15, 0.2) is 0 Å². The van der Waals surface area contributed by atoms with Crippen LogP contribution in [0.4, 0.5) is 10.1 Å². The summed E-state index contributed by atoms with van der Waals surface area (Å²) in [5, 5.41) is 9.86. The van der Waals surface area contributed by atoms with E-state index in [1.165, 1.54) is 25.0 Å². The molecule has 1 atom stereocenters. The number of aliphatic hydroxyl groups excluding tert-OH is 1. The van der Waals surface area contributed by atoms with Crippen molar-refractivity contribution >= 4 is 5.69 Å². The van der Waals surface area contributed by atoms with Gasteiger partial charge >= 0.3 is 0 Å². The van der Waals surface area contributed by atoms with E-state index >= 15 is 0 Å². The zero-order chi connectivity index (χ0) is 12.0. The molecule has 1 aromatic carbocycles. The van der Waals surface area contributed by atoms with Crippen molar-refractivity contribution in [3.8, 4) is 0 Å². The van der Waals surface area contributed by atoms with Crippen LogP contribution in [0.5, 0.6) is 0 Å². The number of nitrogens with two attached hydrogens (primary N) is 1. The molecular weight excluding hydrogens is 205 g/mol. The largest absolute Gasteiger partial charge is 0.396 e. The molecule has 16 heavy (non-hydrogen) atoms. The first kappa shape index (κ1) is 13.0. The van der Waals surface area contributed by atoms with Gasteiger partial charge < -0.3 is 10.8 Å². The molecule has 0 spiro atoms. The zero-order valence-electron chi connectivity index (χ0n) is 9.75. The topological polar surface area (TPSA) is 46.2 Å². The lowest BCUT2D eigenvalue weighted by atomic mass is 10.0. The molecule has 0 amide bonds. The van der Waals surface area contributed by atoms with E-state index in [-0.39, 0.29) is 5.69 Å². The van der Waals surface area contributed by atoms with Crippen molar-refractivity contribution in [2.24, 2.45) is 0 Å². The Hall–Kier alpha value is -1.09. The fourth-order valence-electron chi connectivity index (χ4n) is 1.70. The van der Waals surface area contributed by atoms with Gasteiger partial charge in [0.1, 0.15) is 5.82 Å². The van der Waals surface area contributed by atoms with Crippen LogP contribution in [0.2, 0.25) is 0 Å². The smallest absolute Gasteiger partial charge is 0.146 e. The Bertz CT molecular complexity index is 328. The third-order valence-corrected chi connectivity index (χ3v) is 2.74. The van der Waals surface area contributed by atoms with Crippen molar-refractivity contribution in [3.05, 3.63) is 29.6 Å². The van der Waals surface area contributed by atoms with Gasteiger partial charge in [-0.1, -0.05) is 38.7 Å². The summed E-state index contributed by atoms with van der Waals surface area (Å²) in [6.07, 6.45) is 4.68. The fourth-order valence-corrected chi connectivity index (χ4v) is 1.70. The van der Waals surface area contributed by atoms with E-state index < -0.39 is 11.9 Å². The first-order valence-corrected chi connectivity index (χ1v) is 5.88. The molecule has 1 aromatic rings. The Morgan fingerprint density at radius 1 is 1.31 bits per heavy atom. The van der Waals surface area contributed by atoms with E-state index in [1.54, 1.807) is 6.07 Å². The van der Waals surface area contributed by atoms with Gasteiger partial charge in [-0.3, -0.25) is 0 Å². The molecule has 0 saturated heterocycles. The van der Waals surface area contributed by atoms with E-state index in [4.69, 9.17) is 5.73 Å². The molecule has 1 unspecified atom stereocenters. The number of benzene rings is 1. The van der Waals surface area contributed by atoms with Crippen LogP contribution < -0.4 is 5.73 Å². The normalized spacial score (nSPS) is 12.7. The highest BCUT2D eigenvalue weighted by molar-refractivity contribution is 5.43. The average molecular weight is 225 g/mol. The summed E-state index contributed by atoms with van der Waals surface area (Å²) in [5.74, 6) is -0.429. The van der Waals surface area contributed by atoms with Gasteiger partial charge in [-0.05, 0) is 24.1 Å². The highest BCUT2D eigenvalue weighted by atomic mass is 19.1. The van der Waals surface area contributed by atoms with Gasteiger partial charge in [0, 0.05) is 0 Å². The molecule has 0 aromatic heterocycles. The number of hydrogen-bond acceptors (Lipinski definition) is 2. The number of anilines is 1. The quantitative estimate of drug-likeness (QED) is 0.575. The summed E-state index contributed by atoms with van der Waals surface area (Å²) < 4.78 is 12.9. The third-order valence-electron chi connectivity index (χ3n) is 2.74. The van der Waals surface area contributed by atoms with Crippen molar-refractivity contribution in [2.75, 3.05) is 5.73 Å². The summed E-state index contributed by atoms with van der Waals surface area (Å²) >= 11 is 0. The van der Waals surface area contributed by atoms with Crippen LogP contribution in [0.3, 0.4) is 0 Å². The fraction of sp³-hybridized carbons (Fsp3) is 0.538. The van der Waals surface area contributed by atoms with E-state index in [0.717, 1.165) is 12.8 Å². The van der Waals surface area contributed by atoms with E-state index in [2.05, 4.69) is 6.92 Å². The Kier molecular flexibility index (Phi) is 5.26. The second-order valence-corrected chi connectivity index (χ2v) is 4.15. The molecular formula is C13H20FNO. The van der Waals surface area contributed by atoms with E-state index in [1.807, 2.05) is 0 Å². The van der Waals surface area contributed by atoms with Crippen molar-refractivity contribution in [1.29, 1.82) is 0 Å². The summed E-state index contributed by atoms with van der Waals surface area (Å²) in [6, 6.07) is 4.41. The van der Waals surface area contributed by atoms with Gasteiger partial charge in [0.25, 0.3) is 0 Å². The minimum Gasteiger partial charge on any atom is -0.396 e. The molecule has 0 fully saturated rings. The standard InChI is InChI=1S/C13H20FNO/c1-2-3-4-5-6-13(16)10-7-8-11(14)12(15)9-10/h7-9,13,16H,2-6,15H2,1H3. The van der Waals surface area contributed by atoms with Gasteiger partial charge in [0.05, 0.1) is 11.8 Å². The molecule has 0 bridgehead atoms. The highest BCUT2D eigenvalue weighted by Gasteiger charge is 2.09. The van der Waals surface area contributed by atoms with Crippen molar-refractivity contribution < 1.29 is 9.50 Å². The van der Waals surface area contributed by atoms with E-state index in [9.17, 15) is 9.50 Å². The zero-order valence-corrected chi connectivity index (χ0v) is 9.75. The van der Waals surface area contributed by atoms with Crippen LogP contribution in [0, 0.1) is 5.82 Å². The Labute approximate surface area is 96.3 Å². The maximum absolute atomic E-state index is 12.9. The number of aliphatic hydroxyl groups is 1. The highest BCUT2D eigenvalue weighted by Crippen LogP contribution is 2.23. The summed E-state index contributed by atoms with van der Waals surface area (Å²) in [6.45, 7) is 2.15. The van der Waals surface area contributed by atoms with Crippen molar-refractivity contribution in [1.82, 2.24) is 0 Å². The van der Waals surface area contributed by atoms with Crippen LogP contribution in [-0.4, -0.2) is 5.11 Å². The van der Waals surface area contributed by atoms with Crippen molar-refractivity contribution in [3.63, 3.8) is 0 Å². The van der Waals surface area contributed by atoms with Crippen LogP contribution >= 0.6 is 0 Å². The number of halogens is 1. The van der Waals surface area contributed by atoms with Gasteiger partial charge in [-0.2, -0.15) is 0 Å². The first-order valence-electron chi connectivity index (χ1n) is 5.88. The lowest BCUT2D eigenvalue weighted by Gasteiger charge is -2.11. The van der Waals surface area contributed by atoms with Gasteiger partial charge in [0.2, 0.25) is 0 Å². The van der Waals surface area contributed by atoms with Crippen molar-refractivity contribution in [2.45, 2.75) is 45.1 Å². The number of rotatable bonds is 6. The summed E-state index contributed by atoms with van der Waals surface area (Å²) in [5.41, 5.74) is 6.25. The van der Waals surface area contributed by atoms with Crippen LogP contribution in [0.1, 0.15) is 50.7 Å². The predicted octanol–water partition coefficient (Wildman–Crippen LogP) is 3.41. The monoisotopic (exact) mass is 225 g/mol. The minimum atomic E-state index is -0.528. The maximum Gasteiger partial charge on any atom is 0.146 e. The summed E-state index contributed by atoms with van der Waals surface area (Å²) in [7, 11) is 0. The predicted molar refractivity (Wildman–Crippen MR) is 64.5 cm³/mol. The first-order chi connectivity index (χ1) is 7.65. The second-order valence-electron chi connectivity index (χ2n) is 4.15. The molecule has 0 aliphatic carbocycles. The third kappa shape index (κ3) is 3.81. The molecule has 0 radical (unpaired) electrons. The molecule has 0 aliphatic rings. The SMILES string of the molecule is CCCCCCC(O)c1ccc(F)c(N)c1. The molecule has 2 nitrogen and oxygen atoms in total.